The number of nitrogens with zero attached hydrogens (tertiary/aromatic N) is 3. The quantitative estimate of drug-likeness (QED) is 0.649. The summed E-state index contributed by atoms with van der Waals surface area (Å²) in [5.74, 6) is -0.455. The molecule has 1 saturated heterocycles. The van der Waals surface area contributed by atoms with Gasteiger partial charge in [0.05, 0.1) is 12.6 Å². The van der Waals surface area contributed by atoms with Crippen molar-refractivity contribution in [3.05, 3.63) is 11.7 Å². The lowest BCUT2D eigenvalue weighted by molar-refractivity contribution is -0.141. The highest BCUT2D eigenvalue weighted by Gasteiger charge is 2.38. The van der Waals surface area contributed by atoms with Crippen LogP contribution in [0.5, 0.6) is 0 Å². The van der Waals surface area contributed by atoms with Crippen LogP contribution in [0.1, 0.15) is 18.1 Å². The Morgan fingerprint density at radius 3 is 2.89 bits per heavy atom. The van der Waals surface area contributed by atoms with Crippen LogP contribution in [0.2, 0.25) is 0 Å². The SMILES string of the molecule is Cc1nc(CNC(=O)N2C[C@H](O)C[C@H]2C(=O)O)no1. The van der Waals surface area contributed by atoms with Gasteiger partial charge in [0.1, 0.15) is 6.04 Å². The minimum atomic E-state index is -1.14. The molecule has 9 nitrogen and oxygen atoms in total. The van der Waals surface area contributed by atoms with Crippen LogP contribution in [-0.2, 0) is 11.3 Å². The van der Waals surface area contributed by atoms with E-state index in [1.807, 2.05) is 0 Å². The lowest BCUT2D eigenvalue weighted by atomic mass is 10.2. The van der Waals surface area contributed by atoms with Gasteiger partial charge < -0.3 is 25.0 Å². The first-order valence-electron chi connectivity index (χ1n) is 5.72. The van der Waals surface area contributed by atoms with E-state index in [9.17, 15) is 14.7 Å². The largest absolute Gasteiger partial charge is 0.480 e. The molecule has 2 atom stereocenters. The predicted molar refractivity (Wildman–Crippen MR) is 60.0 cm³/mol. The highest BCUT2D eigenvalue weighted by molar-refractivity contribution is 5.83. The van der Waals surface area contributed by atoms with Gasteiger partial charge in [0.2, 0.25) is 5.89 Å². The van der Waals surface area contributed by atoms with Crippen molar-refractivity contribution in [2.45, 2.75) is 32.0 Å². The van der Waals surface area contributed by atoms with Crippen molar-refractivity contribution in [3.63, 3.8) is 0 Å². The zero-order valence-corrected chi connectivity index (χ0v) is 10.2. The fourth-order valence-electron chi connectivity index (χ4n) is 1.94. The number of likely N-dealkylation sites (tertiary alicyclic amines) is 1. The summed E-state index contributed by atoms with van der Waals surface area (Å²) in [6.07, 6.45) is -0.788. The van der Waals surface area contributed by atoms with E-state index in [0.29, 0.717) is 11.7 Å². The third-order valence-corrected chi connectivity index (χ3v) is 2.79. The van der Waals surface area contributed by atoms with Crippen LogP contribution in [0.3, 0.4) is 0 Å². The number of carboxylic acids is 1. The molecule has 1 aromatic heterocycles. The van der Waals surface area contributed by atoms with Crippen molar-refractivity contribution in [1.82, 2.24) is 20.4 Å². The first kappa shape index (κ1) is 13.3. The maximum atomic E-state index is 11.8. The normalized spacial score (nSPS) is 22.5. The van der Waals surface area contributed by atoms with Crippen molar-refractivity contribution >= 4 is 12.0 Å². The number of hydrogen-bond acceptors (Lipinski definition) is 6. The van der Waals surface area contributed by atoms with Crippen molar-refractivity contribution < 1.29 is 24.3 Å². The smallest absolute Gasteiger partial charge is 0.326 e. The Balaban J connectivity index is 1.93. The molecule has 2 rings (SSSR count). The molecule has 1 aromatic rings. The van der Waals surface area contributed by atoms with E-state index in [-0.39, 0.29) is 19.5 Å². The van der Waals surface area contributed by atoms with E-state index < -0.39 is 24.1 Å². The van der Waals surface area contributed by atoms with Gasteiger partial charge in [-0.1, -0.05) is 5.16 Å². The number of hydrogen-bond donors (Lipinski definition) is 3. The molecule has 0 aromatic carbocycles. The Kier molecular flexibility index (Phi) is 3.65. The van der Waals surface area contributed by atoms with Crippen LogP contribution in [-0.4, -0.2) is 55.9 Å². The second-order valence-corrected chi connectivity index (χ2v) is 4.28. The van der Waals surface area contributed by atoms with Gasteiger partial charge in [0.25, 0.3) is 0 Å². The van der Waals surface area contributed by atoms with Crippen molar-refractivity contribution in [2.24, 2.45) is 0 Å². The van der Waals surface area contributed by atoms with Gasteiger partial charge in [-0.15, -0.1) is 0 Å². The second-order valence-electron chi connectivity index (χ2n) is 4.28. The minimum absolute atomic E-state index is 0.00588. The number of carbonyl (C=O) groups is 2. The molecule has 104 valence electrons. The van der Waals surface area contributed by atoms with Crippen LogP contribution < -0.4 is 5.32 Å². The number of carboxylic acid groups (broad SMARTS) is 1. The summed E-state index contributed by atoms with van der Waals surface area (Å²) in [7, 11) is 0. The fraction of sp³-hybridized carbons (Fsp3) is 0.600. The van der Waals surface area contributed by atoms with Gasteiger partial charge in [-0.25, -0.2) is 9.59 Å². The maximum Gasteiger partial charge on any atom is 0.326 e. The minimum Gasteiger partial charge on any atom is -0.480 e. The lowest BCUT2D eigenvalue weighted by Gasteiger charge is -2.20. The van der Waals surface area contributed by atoms with E-state index in [0.717, 1.165) is 4.90 Å². The van der Waals surface area contributed by atoms with E-state index in [2.05, 4.69) is 15.5 Å². The number of urea groups is 1. The summed E-state index contributed by atoms with van der Waals surface area (Å²) in [5, 5.41) is 24.5. The zero-order chi connectivity index (χ0) is 14.0. The van der Waals surface area contributed by atoms with Gasteiger partial charge in [-0.2, -0.15) is 4.98 Å². The number of aliphatic hydroxyl groups excluding tert-OH is 1. The summed E-state index contributed by atoms with van der Waals surface area (Å²) < 4.78 is 4.74. The summed E-state index contributed by atoms with van der Waals surface area (Å²) in [5.41, 5.74) is 0. The highest BCUT2D eigenvalue weighted by Crippen LogP contribution is 2.18. The highest BCUT2D eigenvalue weighted by atomic mass is 16.5. The summed E-state index contributed by atoms with van der Waals surface area (Å²) in [4.78, 5) is 27.8. The molecule has 3 N–H and O–H groups in total. The molecule has 2 amide bonds. The Bertz CT molecular complexity index is 488. The van der Waals surface area contributed by atoms with Gasteiger partial charge >= 0.3 is 12.0 Å². The molecule has 19 heavy (non-hydrogen) atoms. The van der Waals surface area contributed by atoms with E-state index >= 15 is 0 Å². The van der Waals surface area contributed by atoms with Crippen molar-refractivity contribution in [2.75, 3.05) is 6.54 Å². The Hall–Kier alpha value is -2.16. The van der Waals surface area contributed by atoms with E-state index in [1.165, 1.54) is 0 Å². The standard InChI is InChI=1S/C10H14N4O5/c1-5-12-8(13-19-5)3-11-10(18)14-4-6(15)2-7(14)9(16)17/h6-7,15H,2-4H2,1H3,(H,11,18)(H,16,17)/t6-,7+/m1/s1. The van der Waals surface area contributed by atoms with Crippen LogP contribution >= 0.6 is 0 Å². The molecule has 0 bridgehead atoms. The van der Waals surface area contributed by atoms with Crippen LogP contribution in [0.15, 0.2) is 4.52 Å². The Morgan fingerprint density at radius 2 is 2.32 bits per heavy atom. The van der Waals surface area contributed by atoms with Crippen LogP contribution in [0.4, 0.5) is 4.79 Å². The number of aromatic nitrogens is 2. The monoisotopic (exact) mass is 270 g/mol. The molecule has 1 aliphatic heterocycles. The predicted octanol–water partition coefficient (Wildman–Crippen LogP) is -0.893. The molecular weight excluding hydrogens is 256 g/mol. The number of aryl methyl sites for hydroxylation is 1. The maximum absolute atomic E-state index is 11.8. The molecule has 0 aliphatic carbocycles. The summed E-state index contributed by atoms with van der Waals surface area (Å²) >= 11 is 0. The number of aliphatic hydroxyl groups is 1. The topological polar surface area (TPSA) is 129 Å². The number of β-amino-alcohol motifs (C(OH)–C–C–N with tert-alkyl or cyclic N) is 1. The van der Waals surface area contributed by atoms with Gasteiger partial charge in [0, 0.05) is 19.9 Å². The molecular formula is C10H14N4O5. The average molecular weight is 270 g/mol. The zero-order valence-electron chi connectivity index (χ0n) is 10.2. The van der Waals surface area contributed by atoms with E-state index in [4.69, 9.17) is 9.63 Å². The number of aliphatic carboxylic acids is 1. The number of amides is 2. The Labute approximate surface area is 108 Å². The molecule has 9 heteroatoms. The summed E-state index contributed by atoms with van der Waals surface area (Å²) in [6.45, 7) is 1.65. The number of carbonyl (C=O) groups excluding carboxylic acids is 1. The van der Waals surface area contributed by atoms with Crippen LogP contribution in [0, 0.1) is 6.92 Å². The Morgan fingerprint density at radius 1 is 1.58 bits per heavy atom. The van der Waals surface area contributed by atoms with E-state index in [1.54, 1.807) is 6.92 Å². The fourth-order valence-corrected chi connectivity index (χ4v) is 1.94. The molecule has 1 aliphatic rings. The molecule has 0 saturated carbocycles. The van der Waals surface area contributed by atoms with Crippen molar-refractivity contribution in [1.29, 1.82) is 0 Å². The van der Waals surface area contributed by atoms with Crippen LogP contribution in [0.25, 0.3) is 0 Å². The third kappa shape index (κ3) is 2.99. The molecule has 0 radical (unpaired) electrons. The van der Waals surface area contributed by atoms with Crippen molar-refractivity contribution in [3.8, 4) is 0 Å². The lowest BCUT2D eigenvalue weighted by Crippen LogP contribution is -2.46. The number of nitrogens with one attached hydrogen (secondary N) is 1. The molecule has 2 heterocycles. The van der Waals surface area contributed by atoms with Gasteiger partial charge in [-0.3, -0.25) is 0 Å². The molecule has 1 fully saturated rings. The number of rotatable bonds is 3. The summed E-state index contributed by atoms with van der Waals surface area (Å²) in [6, 6.07) is -1.59. The van der Waals surface area contributed by atoms with Gasteiger partial charge in [-0.05, 0) is 0 Å². The second kappa shape index (κ2) is 5.22. The molecule has 0 spiro atoms. The van der Waals surface area contributed by atoms with Gasteiger partial charge in [0.15, 0.2) is 5.82 Å². The average Bonchev–Trinajstić information content (AvgIpc) is 2.92. The third-order valence-electron chi connectivity index (χ3n) is 2.79. The molecule has 0 unspecified atom stereocenters. The first-order valence-corrected chi connectivity index (χ1v) is 5.72. The first-order chi connectivity index (χ1) is 8.97.